The second-order valence-corrected chi connectivity index (χ2v) is 4.42. The number of carbonyl (C=O) groups excluding carboxylic acids is 1. The Morgan fingerprint density at radius 3 is 2.31 bits per heavy atom. The van der Waals surface area contributed by atoms with Crippen molar-refractivity contribution in [2.75, 3.05) is 5.88 Å². The van der Waals surface area contributed by atoms with Crippen LogP contribution in [0.15, 0.2) is 0 Å². The maximum Gasteiger partial charge on any atom is 0.237 e. The fourth-order valence-corrected chi connectivity index (χ4v) is 1.64. The number of halogens is 1. The molecule has 0 heterocycles. The number of amides is 1. The Labute approximate surface area is 85.2 Å². The van der Waals surface area contributed by atoms with E-state index in [4.69, 9.17) is 11.6 Å². The summed E-state index contributed by atoms with van der Waals surface area (Å²) in [6, 6.07) is 0.794. The van der Waals surface area contributed by atoms with Gasteiger partial charge in [-0.3, -0.25) is 4.79 Å². The predicted molar refractivity (Wildman–Crippen MR) is 54.9 cm³/mol. The molecule has 0 spiro atoms. The van der Waals surface area contributed by atoms with Gasteiger partial charge in [-0.05, 0) is 25.7 Å². The van der Waals surface area contributed by atoms with E-state index in [0.29, 0.717) is 18.0 Å². The molecule has 1 aliphatic carbocycles. The van der Waals surface area contributed by atoms with Crippen molar-refractivity contribution in [3.8, 4) is 0 Å². The lowest BCUT2D eigenvalue weighted by atomic mass is 10.0. The van der Waals surface area contributed by atoms with Crippen LogP contribution in [0.2, 0.25) is 0 Å². The van der Waals surface area contributed by atoms with Crippen molar-refractivity contribution in [3.05, 3.63) is 0 Å². The minimum atomic E-state index is 0.0883. The molecule has 0 aromatic carbocycles. The summed E-state index contributed by atoms with van der Waals surface area (Å²) >= 11 is 5.58. The third-order valence-electron chi connectivity index (χ3n) is 2.75. The number of carbonyl (C=O) groups is 1. The molecule has 1 amide bonds. The molecule has 0 N–H and O–H groups in total. The molecule has 1 rings (SSSR count). The van der Waals surface area contributed by atoms with Gasteiger partial charge in [0.1, 0.15) is 5.88 Å². The van der Waals surface area contributed by atoms with Crippen LogP contribution in [0.5, 0.6) is 0 Å². The Bertz CT molecular complexity index is 189. The molecule has 0 aromatic rings. The van der Waals surface area contributed by atoms with Gasteiger partial charge in [0.2, 0.25) is 5.91 Å². The van der Waals surface area contributed by atoms with Crippen molar-refractivity contribution in [2.45, 2.75) is 45.7 Å². The highest BCUT2D eigenvalue weighted by Crippen LogP contribution is 2.30. The van der Waals surface area contributed by atoms with E-state index >= 15 is 0 Å². The maximum absolute atomic E-state index is 11.5. The molecule has 0 bridgehead atoms. The first kappa shape index (κ1) is 10.8. The highest BCUT2D eigenvalue weighted by molar-refractivity contribution is 6.27. The van der Waals surface area contributed by atoms with Crippen LogP contribution in [-0.2, 0) is 4.79 Å². The SMILES string of the molecule is CC(C)[C@H](C)N(C(=O)CCl)C1CC1. The van der Waals surface area contributed by atoms with Gasteiger partial charge >= 0.3 is 0 Å². The molecular formula is C10H18ClNO. The molecule has 0 aromatic heterocycles. The zero-order chi connectivity index (χ0) is 10.0. The van der Waals surface area contributed by atoms with E-state index in [1.54, 1.807) is 0 Å². The second-order valence-electron chi connectivity index (χ2n) is 4.15. The molecule has 2 nitrogen and oxygen atoms in total. The molecule has 1 saturated carbocycles. The Balaban J connectivity index is 2.61. The van der Waals surface area contributed by atoms with Crippen molar-refractivity contribution in [1.29, 1.82) is 0 Å². The number of alkyl halides is 1. The lowest BCUT2D eigenvalue weighted by molar-refractivity contribution is -0.132. The third kappa shape index (κ3) is 2.60. The Kier molecular flexibility index (Phi) is 3.60. The molecule has 0 aliphatic heterocycles. The van der Waals surface area contributed by atoms with Crippen LogP contribution in [0.4, 0.5) is 0 Å². The first-order valence-corrected chi connectivity index (χ1v) is 5.48. The van der Waals surface area contributed by atoms with Gasteiger partial charge in [-0.25, -0.2) is 0 Å². The number of rotatable bonds is 4. The topological polar surface area (TPSA) is 20.3 Å². The van der Waals surface area contributed by atoms with Gasteiger partial charge in [-0.1, -0.05) is 13.8 Å². The van der Waals surface area contributed by atoms with Crippen LogP contribution in [0, 0.1) is 5.92 Å². The van der Waals surface area contributed by atoms with Crippen LogP contribution < -0.4 is 0 Å². The molecule has 1 aliphatic rings. The summed E-state index contributed by atoms with van der Waals surface area (Å²) in [4.78, 5) is 13.5. The maximum atomic E-state index is 11.5. The van der Waals surface area contributed by atoms with E-state index < -0.39 is 0 Å². The van der Waals surface area contributed by atoms with Crippen molar-refractivity contribution < 1.29 is 4.79 Å². The first-order chi connectivity index (χ1) is 6.07. The van der Waals surface area contributed by atoms with Gasteiger partial charge in [-0.15, -0.1) is 11.6 Å². The summed E-state index contributed by atoms with van der Waals surface area (Å²) in [6.45, 7) is 6.39. The molecule has 0 saturated heterocycles. The number of nitrogens with zero attached hydrogens (tertiary/aromatic N) is 1. The minimum Gasteiger partial charge on any atom is -0.336 e. The average molecular weight is 204 g/mol. The Morgan fingerprint density at radius 2 is 2.00 bits per heavy atom. The third-order valence-corrected chi connectivity index (χ3v) is 2.97. The van der Waals surface area contributed by atoms with Crippen LogP contribution in [0.3, 0.4) is 0 Å². The summed E-state index contributed by atoms with van der Waals surface area (Å²) < 4.78 is 0. The molecule has 0 unspecified atom stereocenters. The Morgan fingerprint density at radius 1 is 1.46 bits per heavy atom. The van der Waals surface area contributed by atoms with Crippen molar-refractivity contribution in [2.24, 2.45) is 5.92 Å². The van der Waals surface area contributed by atoms with Crippen LogP contribution in [0.25, 0.3) is 0 Å². The molecule has 1 atom stereocenters. The van der Waals surface area contributed by atoms with E-state index in [2.05, 4.69) is 20.8 Å². The summed E-state index contributed by atoms with van der Waals surface area (Å²) in [5, 5.41) is 0. The zero-order valence-corrected chi connectivity index (χ0v) is 9.34. The molecule has 13 heavy (non-hydrogen) atoms. The quantitative estimate of drug-likeness (QED) is 0.642. The molecule has 3 heteroatoms. The summed E-state index contributed by atoms with van der Waals surface area (Å²) in [5.74, 6) is 0.714. The fraction of sp³-hybridized carbons (Fsp3) is 0.900. The fourth-order valence-electron chi connectivity index (χ4n) is 1.51. The predicted octanol–water partition coefficient (Wildman–Crippen LogP) is 2.26. The average Bonchev–Trinajstić information content (AvgIpc) is 2.88. The van der Waals surface area contributed by atoms with E-state index in [-0.39, 0.29) is 11.8 Å². The van der Waals surface area contributed by atoms with Gasteiger partial charge in [-0.2, -0.15) is 0 Å². The van der Waals surface area contributed by atoms with Gasteiger partial charge in [0, 0.05) is 12.1 Å². The lowest BCUT2D eigenvalue weighted by Gasteiger charge is -2.31. The van der Waals surface area contributed by atoms with Crippen LogP contribution in [-0.4, -0.2) is 28.8 Å². The molecular weight excluding hydrogens is 186 g/mol. The van der Waals surface area contributed by atoms with Gasteiger partial charge in [0.25, 0.3) is 0 Å². The van der Waals surface area contributed by atoms with E-state index in [1.165, 1.54) is 0 Å². The van der Waals surface area contributed by atoms with E-state index in [1.807, 2.05) is 4.90 Å². The van der Waals surface area contributed by atoms with Crippen molar-refractivity contribution in [1.82, 2.24) is 4.90 Å². The number of hydrogen-bond donors (Lipinski definition) is 0. The summed E-state index contributed by atoms with van der Waals surface area (Å²) in [7, 11) is 0. The lowest BCUT2D eigenvalue weighted by Crippen LogP contribution is -2.43. The normalized spacial score (nSPS) is 18.8. The van der Waals surface area contributed by atoms with Crippen molar-refractivity contribution in [3.63, 3.8) is 0 Å². The molecule has 76 valence electrons. The van der Waals surface area contributed by atoms with E-state index in [0.717, 1.165) is 12.8 Å². The highest BCUT2D eigenvalue weighted by atomic mass is 35.5. The monoisotopic (exact) mass is 203 g/mol. The largest absolute Gasteiger partial charge is 0.336 e. The standard InChI is InChI=1S/C10H18ClNO/c1-7(2)8(3)12(9-4-5-9)10(13)6-11/h7-9H,4-6H2,1-3H3/t8-/m0/s1. The zero-order valence-electron chi connectivity index (χ0n) is 8.59. The van der Waals surface area contributed by atoms with Crippen LogP contribution in [0.1, 0.15) is 33.6 Å². The first-order valence-electron chi connectivity index (χ1n) is 4.95. The molecule has 1 fully saturated rings. The number of hydrogen-bond acceptors (Lipinski definition) is 1. The smallest absolute Gasteiger partial charge is 0.237 e. The van der Waals surface area contributed by atoms with E-state index in [9.17, 15) is 4.79 Å². The summed E-state index contributed by atoms with van der Waals surface area (Å²) in [5.41, 5.74) is 0. The Hall–Kier alpha value is -0.240. The van der Waals surface area contributed by atoms with Crippen molar-refractivity contribution >= 4 is 17.5 Å². The second kappa shape index (κ2) is 4.32. The van der Waals surface area contributed by atoms with Crippen LogP contribution >= 0.6 is 11.6 Å². The summed E-state index contributed by atoms with van der Waals surface area (Å²) in [6.07, 6.45) is 2.30. The van der Waals surface area contributed by atoms with Gasteiger partial charge < -0.3 is 4.90 Å². The highest BCUT2D eigenvalue weighted by Gasteiger charge is 2.35. The van der Waals surface area contributed by atoms with Gasteiger partial charge in [0.05, 0.1) is 0 Å². The minimum absolute atomic E-state index is 0.0883. The van der Waals surface area contributed by atoms with Gasteiger partial charge in [0.15, 0.2) is 0 Å². The molecule has 0 radical (unpaired) electrons.